The minimum Gasteiger partial charge on any atom is -0.451 e. The van der Waals surface area contributed by atoms with Gasteiger partial charge >= 0.3 is 29.4 Å². The van der Waals surface area contributed by atoms with Crippen LogP contribution < -0.4 is 11.1 Å². The van der Waals surface area contributed by atoms with Gasteiger partial charge in [-0.2, -0.15) is 8.62 Å². The molecule has 1 fully saturated rings. The number of benzene rings is 1. The van der Waals surface area contributed by atoms with Crippen molar-refractivity contribution in [2.45, 2.75) is 24.5 Å². The molecule has 41 heavy (non-hydrogen) atoms. The summed E-state index contributed by atoms with van der Waals surface area (Å²) in [5.74, 6) is -0.882. The van der Waals surface area contributed by atoms with Crippen LogP contribution in [-0.2, 0) is 36.3 Å². The van der Waals surface area contributed by atoms with Crippen LogP contribution in [0.25, 0.3) is 11.2 Å². The molecule has 8 N–H and O–H groups in total. The number of para-hydroxylation sites is 1. The van der Waals surface area contributed by atoms with Gasteiger partial charge in [0, 0.05) is 12.7 Å². The highest BCUT2D eigenvalue weighted by molar-refractivity contribution is 7.66. The van der Waals surface area contributed by atoms with E-state index in [1.54, 1.807) is 25.2 Å². The molecule has 1 aliphatic heterocycles. The summed E-state index contributed by atoms with van der Waals surface area (Å²) in [4.78, 5) is 61.5. The SMILES string of the molecule is CNc1ccccc1C(=O)O[C@@H]1[C@H](O)[C@@H](COP(=O)(O)OP(=O)(O)OP(=O)(O)O)O[C@H]1n1cnc2c(N)ncnc21. The highest BCUT2D eigenvalue weighted by Crippen LogP contribution is 2.66. The van der Waals surface area contributed by atoms with Crippen LogP contribution in [0.15, 0.2) is 36.9 Å². The third-order valence-corrected chi connectivity index (χ3v) is 9.25. The van der Waals surface area contributed by atoms with E-state index >= 15 is 0 Å². The molecule has 2 unspecified atom stereocenters. The van der Waals surface area contributed by atoms with Crippen molar-refractivity contribution >= 4 is 52.1 Å². The first-order valence-corrected chi connectivity index (χ1v) is 15.7. The van der Waals surface area contributed by atoms with E-state index in [0.29, 0.717) is 5.69 Å². The number of hydrogen-bond donors (Lipinski definition) is 7. The van der Waals surface area contributed by atoms with E-state index < -0.39 is 60.6 Å². The number of esters is 1. The van der Waals surface area contributed by atoms with E-state index in [9.17, 15) is 33.4 Å². The second-order valence-electron chi connectivity index (χ2n) is 8.19. The van der Waals surface area contributed by atoms with Crippen molar-refractivity contribution in [2.75, 3.05) is 24.7 Å². The normalized spacial score (nSPS) is 24.0. The number of hydrogen-bond acceptors (Lipinski definition) is 15. The number of imidazole rings is 1. The largest absolute Gasteiger partial charge is 0.490 e. The lowest BCUT2D eigenvalue weighted by Crippen LogP contribution is -2.37. The number of anilines is 2. The van der Waals surface area contributed by atoms with E-state index in [4.69, 9.17) is 25.0 Å². The monoisotopic (exact) mass is 640 g/mol. The first kappa shape index (κ1) is 31.1. The maximum Gasteiger partial charge on any atom is 0.490 e. The third-order valence-electron chi connectivity index (χ3n) is 5.45. The number of fused-ring (bicyclic) bond motifs is 1. The lowest BCUT2D eigenvalue weighted by molar-refractivity contribution is -0.0557. The number of nitrogens with one attached hydrogen (secondary N) is 1. The number of aliphatic hydroxyl groups excluding tert-OH is 1. The number of rotatable bonds is 11. The Hall–Kier alpha value is -2.83. The van der Waals surface area contributed by atoms with Gasteiger partial charge in [-0.15, -0.1) is 0 Å². The summed E-state index contributed by atoms with van der Waals surface area (Å²) in [6, 6.07) is 6.30. The molecule has 0 bridgehead atoms. The lowest BCUT2D eigenvalue weighted by Gasteiger charge is -2.22. The molecule has 0 aliphatic carbocycles. The van der Waals surface area contributed by atoms with Gasteiger partial charge in [-0.25, -0.2) is 33.4 Å². The van der Waals surface area contributed by atoms with Gasteiger partial charge in [-0.05, 0) is 12.1 Å². The molecule has 224 valence electrons. The Labute approximate surface area is 229 Å². The van der Waals surface area contributed by atoms with E-state index in [1.165, 1.54) is 17.0 Å². The van der Waals surface area contributed by atoms with Crippen LogP contribution in [0.1, 0.15) is 16.6 Å². The average Bonchev–Trinajstić information content (AvgIpc) is 3.42. The van der Waals surface area contributed by atoms with Crippen molar-refractivity contribution in [3.05, 3.63) is 42.5 Å². The summed E-state index contributed by atoms with van der Waals surface area (Å²) in [6.07, 6.45) is -3.87. The highest BCUT2D eigenvalue weighted by Gasteiger charge is 2.49. The molecule has 6 atom stereocenters. The summed E-state index contributed by atoms with van der Waals surface area (Å²) >= 11 is 0. The molecule has 0 spiro atoms. The molecule has 23 heteroatoms. The summed E-state index contributed by atoms with van der Waals surface area (Å²) in [5, 5.41) is 13.8. The van der Waals surface area contributed by atoms with Crippen LogP contribution in [0.4, 0.5) is 11.5 Å². The van der Waals surface area contributed by atoms with E-state index in [2.05, 4.69) is 33.4 Å². The Morgan fingerprint density at radius 2 is 1.80 bits per heavy atom. The molecule has 1 aliphatic rings. The minimum atomic E-state index is -5.79. The number of nitrogens with zero attached hydrogens (tertiary/aromatic N) is 4. The van der Waals surface area contributed by atoms with Gasteiger partial charge < -0.3 is 45.2 Å². The van der Waals surface area contributed by atoms with Gasteiger partial charge in [0.1, 0.15) is 24.1 Å². The summed E-state index contributed by atoms with van der Waals surface area (Å²) in [7, 11) is -15.4. The van der Waals surface area contributed by atoms with Crippen molar-refractivity contribution in [3.63, 3.8) is 0 Å². The Balaban J connectivity index is 1.59. The minimum absolute atomic E-state index is 0.00740. The second-order valence-corrected chi connectivity index (χ2v) is 12.6. The number of nitrogens with two attached hydrogens (primary N) is 1. The molecule has 20 nitrogen and oxygen atoms in total. The summed E-state index contributed by atoms with van der Waals surface area (Å²) in [5.41, 5.74) is 6.58. The molecule has 0 saturated carbocycles. The Bertz CT molecular complexity index is 1580. The van der Waals surface area contributed by atoms with Gasteiger partial charge in [0.25, 0.3) is 0 Å². The van der Waals surface area contributed by atoms with Crippen LogP contribution in [0.3, 0.4) is 0 Å². The summed E-state index contributed by atoms with van der Waals surface area (Å²) in [6.45, 7) is -1.02. The van der Waals surface area contributed by atoms with Crippen LogP contribution in [-0.4, -0.2) is 82.1 Å². The second kappa shape index (κ2) is 11.8. The average molecular weight is 640 g/mol. The number of aliphatic hydroxyl groups is 1. The van der Waals surface area contributed by atoms with Crippen LogP contribution in [0.2, 0.25) is 0 Å². The number of phosphoric ester groups is 1. The lowest BCUT2D eigenvalue weighted by atomic mass is 10.1. The molecule has 3 heterocycles. The smallest absolute Gasteiger partial charge is 0.451 e. The molecule has 3 aromatic rings. The number of aromatic nitrogens is 4. The quantitative estimate of drug-likeness (QED) is 0.109. The fourth-order valence-electron chi connectivity index (χ4n) is 3.80. The molecule has 2 aromatic heterocycles. The molecular weight excluding hydrogens is 617 g/mol. The number of nitrogen functional groups attached to an aromatic ring is 1. The zero-order valence-electron chi connectivity index (χ0n) is 20.6. The van der Waals surface area contributed by atoms with E-state index in [-0.39, 0.29) is 22.5 Å². The zero-order chi connectivity index (χ0) is 30.2. The topological polar surface area (TPSA) is 297 Å². The number of phosphoric acid groups is 3. The maximum atomic E-state index is 13.1. The Kier molecular flexibility index (Phi) is 8.96. The Morgan fingerprint density at radius 1 is 1.10 bits per heavy atom. The van der Waals surface area contributed by atoms with Crippen molar-refractivity contribution < 1.29 is 65.8 Å². The predicted octanol–water partition coefficient (Wildman–Crippen LogP) is 0.277. The molecule has 0 radical (unpaired) electrons. The molecule has 1 aromatic carbocycles. The predicted molar refractivity (Wildman–Crippen MR) is 135 cm³/mol. The highest BCUT2D eigenvalue weighted by atomic mass is 31.3. The summed E-state index contributed by atoms with van der Waals surface area (Å²) < 4.78 is 59.1. The fourth-order valence-corrected chi connectivity index (χ4v) is 6.83. The zero-order valence-corrected chi connectivity index (χ0v) is 23.3. The fraction of sp³-hybridized carbons (Fsp3) is 0.333. The van der Waals surface area contributed by atoms with E-state index in [0.717, 1.165) is 6.33 Å². The van der Waals surface area contributed by atoms with E-state index in [1.807, 2.05) is 0 Å². The van der Waals surface area contributed by atoms with Gasteiger partial charge in [0.15, 0.2) is 23.8 Å². The molecule has 0 amide bonds. The van der Waals surface area contributed by atoms with Crippen molar-refractivity contribution in [3.8, 4) is 0 Å². The molecular formula is C18H23N6O14P3. The van der Waals surface area contributed by atoms with Gasteiger partial charge in [0.05, 0.1) is 18.5 Å². The van der Waals surface area contributed by atoms with Gasteiger partial charge in [-0.3, -0.25) is 9.09 Å². The van der Waals surface area contributed by atoms with Crippen LogP contribution >= 0.6 is 23.5 Å². The van der Waals surface area contributed by atoms with Gasteiger partial charge in [0.2, 0.25) is 0 Å². The van der Waals surface area contributed by atoms with Crippen molar-refractivity contribution in [1.29, 1.82) is 0 Å². The van der Waals surface area contributed by atoms with Crippen LogP contribution in [0.5, 0.6) is 0 Å². The van der Waals surface area contributed by atoms with Crippen LogP contribution in [0, 0.1) is 0 Å². The molecule has 4 rings (SSSR count). The van der Waals surface area contributed by atoms with Gasteiger partial charge in [-0.1, -0.05) is 12.1 Å². The maximum absolute atomic E-state index is 13.1. The standard InChI is InChI=1S/C18H23N6O14P3/c1-20-10-5-3-2-4-9(10)18(26)36-14-13(25)11(6-34-40(30,31)38-41(32,33)37-39(27,28)29)35-17(14)24-8-23-12-15(19)21-7-22-16(12)24/h2-5,7-8,11,13-14,17,20,25H,6H2,1H3,(H,30,31)(H,32,33)(H2,19,21,22)(H2,27,28,29)/t11-,13-,14-,17-/m1/s1. The third kappa shape index (κ3) is 7.34. The number of ether oxygens (including phenoxy) is 2. The molecule has 1 saturated heterocycles. The number of carbonyl (C=O) groups is 1. The van der Waals surface area contributed by atoms with Crippen molar-refractivity contribution in [1.82, 2.24) is 19.5 Å². The first-order chi connectivity index (χ1) is 19.1. The Morgan fingerprint density at radius 3 is 2.49 bits per heavy atom. The first-order valence-electron chi connectivity index (χ1n) is 11.1. The number of carbonyl (C=O) groups excluding carboxylic acids is 1. The van der Waals surface area contributed by atoms with Crippen molar-refractivity contribution in [2.24, 2.45) is 0 Å².